The summed E-state index contributed by atoms with van der Waals surface area (Å²) in [5.41, 5.74) is 6.63. The van der Waals surface area contributed by atoms with Crippen LogP contribution in [0.5, 0.6) is 0 Å². The van der Waals surface area contributed by atoms with Crippen molar-refractivity contribution in [3.8, 4) is 0 Å². The van der Waals surface area contributed by atoms with Gasteiger partial charge in [0.25, 0.3) is 0 Å². The van der Waals surface area contributed by atoms with Crippen molar-refractivity contribution in [2.24, 2.45) is 11.7 Å². The van der Waals surface area contributed by atoms with Gasteiger partial charge >= 0.3 is 0 Å². The minimum absolute atomic E-state index is 0.173. The van der Waals surface area contributed by atoms with Crippen LogP contribution in [-0.4, -0.2) is 0 Å². The third kappa shape index (κ3) is 3.63. The molecule has 1 nitrogen and oxygen atoms in total. The summed E-state index contributed by atoms with van der Waals surface area (Å²) in [6.45, 7) is 4.33. The van der Waals surface area contributed by atoms with E-state index in [4.69, 9.17) is 5.73 Å². The third-order valence-corrected chi connectivity index (χ3v) is 2.74. The second-order valence-electron chi connectivity index (χ2n) is 4.26. The number of hydrogen-bond acceptors (Lipinski definition) is 1. The van der Waals surface area contributed by atoms with Crippen molar-refractivity contribution in [3.05, 3.63) is 35.6 Å². The molecule has 0 aliphatic carbocycles. The molecule has 0 fully saturated rings. The summed E-state index contributed by atoms with van der Waals surface area (Å²) in [4.78, 5) is 0. The fourth-order valence-electron chi connectivity index (χ4n) is 1.95. The van der Waals surface area contributed by atoms with Crippen LogP contribution in [0.4, 0.5) is 4.39 Å². The fourth-order valence-corrected chi connectivity index (χ4v) is 1.95. The molecule has 0 aromatic heterocycles. The topological polar surface area (TPSA) is 26.0 Å². The van der Waals surface area contributed by atoms with Crippen molar-refractivity contribution < 1.29 is 4.39 Å². The Hall–Kier alpha value is -0.890. The summed E-state index contributed by atoms with van der Waals surface area (Å²) in [6, 6.07) is 6.61. The molecule has 0 saturated carbocycles. The quantitative estimate of drug-likeness (QED) is 0.787. The van der Waals surface area contributed by atoms with E-state index in [-0.39, 0.29) is 11.9 Å². The minimum atomic E-state index is -0.186. The van der Waals surface area contributed by atoms with E-state index < -0.39 is 0 Å². The molecule has 2 heteroatoms. The molecule has 1 rings (SSSR count). The van der Waals surface area contributed by atoms with Crippen LogP contribution in [0.15, 0.2) is 24.3 Å². The van der Waals surface area contributed by atoms with E-state index in [1.807, 2.05) is 6.07 Å². The first kappa shape index (κ1) is 12.2. The number of nitrogens with two attached hydrogens (primary N) is 1. The fraction of sp³-hybridized carbons (Fsp3) is 0.538. The molecular weight excluding hydrogens is 189 g/mol. The van der Waals surface area contributed by atoms with Crippen LogP contribution in [0, 0.1) is 11.7 Å². The predicted molar refractivity (Wildman–Crippen MR) is 62.0 cm³/mol. The minimum Gasteiger partial charge on any atom is -0.324 e. The van der Waals surface area contributed by atoms with Crippen LogP contribution in [0.3, 0.4) is 0 Å². The molecule has 2 atom stereocenters. The van der Waals surface area contributed by atoms with Gasteiger partial charge in [0.1, 0.15) is 5.82 Å². The number of rotatable bonds is 5. The lowest BCUT2D eigenvalue weighted by molar-refractivity contribution is 0.431. The van der Waals surface area contributed by atoms with Gasteiger partial charge in [0.2, 0.25) is 0 Å². The first-order valence-corrected chi connectivity index (χ1v) is 5.65. The Labute approximate surface area is 91.5 Å². The van der Waals surface area contributed by atoms with Gasteiger partial charge in [0.15, 0.2) is 0 Å². The standard InChI is InChI=1S/C13H20FN/c1-3-6-10(2)9-13(15)11-7-4-5-8-12(11)14/h4-5,7-8,10,13H,3,6,9,15H2,1-2H3. The lowest BCUT2D eigenvalue weighted by Gasteiger charge is -2.17. The van der Waals surface area contributed by atoms with Crippen LogP contribution < -0.4 is 5.73 Å². The Balaban J connectivity index is 2.61. The summed E-state index contributed by atoms with van der Waals surface area (Å²) in [7, 11) is 0. The molecule has 0 bridgehead atoms. The maximum atomic E-state index is 13.4. The smallest absolute Gasteiger partial charge is 0.127 e. The largest absolute Gasteiger partial charge is 0.324 e. The highest BCUT2D eigenvalue weighted by Gasteiger charge is 2.13. The summed E-state index contributed by atoms with van der Waals surface area (Å²) >= 11 is 0. The molecule has 1 aromatic carbocycles. The average molecular weight is 209 g/mol. The van der Waals surface area contributed by atoms with Crippen molar-refractivity contribution in [2.75, 3.05) is 0 Å². The van der Waals surface area contributed by atoms with Crippen molar-refractivity contribution in [1.29, 1.82) is 0 Å². The maximum Gasteiger partial charge on any atom is 0.127 e. The lowest BCUT2D eigenvalue weighted by atomic mass is 9.93. The zero-order valence-electron chi connectivity index (χ0n) is 9.54. The maximum absolute atomic E-state index is 13.4. The van der Waals surface area contributed by atoms with E-state index >= 15 is 0 Å². The van der Waals surface area contributed by atoms with Crippen molar-refractivity contribution >= 4 is 0 Å². The van der Waals surface area contributed by atoms with E-state index in [0.29, 0.717) is 11.5 Å². The van der Waals surface area contributed by atoms with Gasteiger partial charge in [0, 0.05) is 11.6 Å². The molecule has 0 heterocycles. The summed E-state index contributed by atoms with van der Waals surface area (Å²) in [5.74, 6) is 0.373. The molecule has 0 aliphatic heterocycles. The van der Waals surface area contributed by atoms with Crippen molar-refractivity contribution in [2.45, 2.75) is 39.2 Å². The van der Waals surface area contributed by atoms with Gasteiger partial charge in [-0.1, -0.05) is 44.9 Å². The van der Waals surface area contributed by atoms with Crippen molar-refractivity contribution in [1.82, 2.24) is 0 Å². The van der Waals surface area contributed by atoms with Gasteiger partial charge < -0.3 is 5.73 Å². The van der Waals surface area contributed by atoms with Crippen LogP contribution in [0.2, 0.25) is 0 Å². The van der Waals surface area contributed by atoms with E-state index in [1.54, 1.807) is 12.1 Å². The number of hydrogen-bond donors (Lipinski definition) is 1. The summed E-state index contributed by atoms with van der Waals surface area (Å²) in [6.07, 6.45) is 3.17. The first-order chi connectivity index (χ1) is 7.15. The van der Waals surface area contributed by atoms with E-state index in [2.05, 4.69) is 13.8 Å². The second kappa shape index (κ2) is 5.86. The van der Waals surface area contributed by atoms with E-state index in [1.165, 1.54) is 6.07 Å². The van der Waals surface area contributed by atoms with Gasteiger partial charge in [-0.05, 0) is 18.4 Å². The highest BCUT2D eigenvalue weighted by molar-refractivity contribution is 5.20. The van der Waals surface area contributed by atoms with Crippen molar-refractivity contribution in [3.63, 3.8) is 0 Å². The zero-order valence-corrected chi connectivity index (χ0v) is 9.54. The molecule has 1 aromatic rings. The first-order valence-electron chi connectivity index (χ1n) is 5.65. The average Bonchev–Trinajstić information content (AvgIpc) is 2.18. The highest BCUT2D eigenvalue weighted by Crippen LogP contribution is 2.23. The van der Waals surface area contributed by atoms with Crippen LogP contribution in [0.1, 0.15) is 44.7 Å². The van der Waals surface area contributed by atoms with Gasteiger partial charge in [-0.2, -0.15) is 0 Å². The highest BCUT2D eigenvalue weighted by atomic mass is 19.1. The number of halogens is 1. The molecule has 2 unspecified atom stereocenters. The molecule has 0 saturated heterocycles. The zero-order chi connectivity index (χ0) is 11.3. The molecule has 15 heavy (non-hydrogen) atoms. The summed E-state index contributed by atoms with van der Waals surface area (Å²) < 4.78 is 13.4. The molecule has 0 amide bonds. The monoisotopic (exact) mass is 209 g/mol. The molecule has 0 radical (unpaired) electrons. The molecule has 0 spiro atoms. The van der Waals surface area contributed by atoms with E-state index in [0.717, 1.165) is 19.3 Å². The van der Waals surface area contributed by atoms with Gasteiger partial charge in [-0.3, -0.25) is 0 Å². The van der Waals surface area contributed by atoms with Gasteiger partial charge in [-0.25, -0.2) is 4.39 Å². The Kier molecular flexibility index (Phi) is 4.76. The lowest BCUT2D eigenvalue weighted by Crippen LogP contribution is -2.15. The number of benzene rings is 1. The van der Waals surface area contributed by atoms with Crippen LogP contribution in [-0.2, 0) is 0 Å². The Morgan fingerprint density at radius 2 is 2.00 bits per heavy atom. The normalized spacial score (nSPS) is 14.9. The molecular formula is C13H20FN. The van der Waals surface area contributed by atoms with Crippen LogP contribution in [0.25, 0.3) is 0 Å². The third-order valence-electron chi connectivity index (χ3n) is 2.74. The Morgan fingerprint density at radius 3 is 2.60 bits per heavy atom. The SMILES string of the molecule is CCCC(C)CC(N)c1ccccc1F. The van der Waals surface area contributed by atoms with Gasteiger partial charge in [0.05, 0.1) is 0 Å². The molecule has 84 valence electrons. The summed E-state index contributed by atoms with van der Waals surface area (Å²) in [5, 5.41) is 0. The second-order valence-corrected chi connectivity index (χ2v) is 4.26. The Bertz CT molecular complexity index is 298. The Morgan fingerprint density at radius 1 is 1.33 bits per heavy atom. The predicted octanol–water partition coefficient (Wildman–Crippen LogP) is 3.65. The van der Waals surface area contributed by atoms with Crippen LogP contribution >= 0.6 is 0 Å². The molecule has 2 N–H and O–H groups in total. The van der Waals surface area contributed by atoms with E-state index in [9.17, 15) is 4.39 Å². The van der Waals surface area contributed by atoms with Gasteiger partial charge in [-0.15, -0.1) is 0 Å². The molecule has 0 aliphatic rings.